The third-order valence-corrected chi connectivity index (χ3v) is 4.15. The zero-order valence-corrected chi connectivity index (χ0v) is 12.6. The van der Waals surface area contributed by atoms with E-state index in [-0.39, 0.29) is 0 Å². The van der Waals surface area contributed by atoms with E-state index in [9.17, 15) is 9.90 Å². The first kappa shape index (κ1) is 16.4. The molecule has 0 aliphatic rings. The lowest BCUT2D eigenvalue weighted by Crippen LogP contribution is -2.50. The van der Waals surface area contributed by atoms with E-state index in [0.717, 1.165) is 0 Å². The van der Waals surface area contributed by atoms with Crippen molar-refractivity contribution in [1.82, 2.24) is 5.32 Å². The van der Waals surface area contributed by atoms with Crippen molar-refractivity contribution in [2.75, 3.05) is 7.11 Å². The quantitative estimate of drug-likeness (QED) is 0.646. The van der Waals surface area contributed by atoms with Crippen LogP contribution in [0.15, 0.2) is 24.3 Å². The molecule has 0 fully saturated rings. The van der Waals surface area contributed by atoms with Gasteiger partial charge in [-0.25, -0.2) is 0 Å². The summed E-state index contributed by atoms with van der Waals surface area (Å²) in [7, 11) is 1.52. The highest BCUT2D eigenvalue weighted by Gasteiger charge is 2.39. The highest BCUT2D eigenvalue weighted by Crippen LogP contribution is 2.32. The average Bonchev–Trinajstić information content (AvgIpc) is 2.38. The summed E-state index contributed by atoms with van der Waals surface area (Å²) in [6.07, 6.45) is -1.49. The predicted molar refractivity (Wildman–Crippen MR) is 76.2 cm³/mol. The Morgan fingerprint density at radius 3 is 2.32 bits per heavy atom. The summed E-state index contributed by atoms with van der Waals surface area (Å²) >= 11 is 17.4. The zero-order valence-electron chi connectivity index (χ0n) is 10.4. The molecule has 2 atom stereocenters. The Morgan fingerprint density at radius 1 is 1.37 bits per heavy atom. The van der Waals surface area contributed by atoms with E-state index in [1.165, 1.54) is 14.0 Å². The van der Waals surface area contributed by atoms with Crippen molar-refractivity contribution >= 4 is 40.7 Å². The second-order valence-electron chi connectivity index (χ2n) is 3.90. The van der Waals surface area contributed by atoms with Crippen molar-refractivity contribution in [1.29, 1.82) is 0 Å². The summed E-state index contributed by atoms with van der Waals surface area (Å²) in [5, 5.41) is 11.3. The number of methoxy groups -OCH3 is 1. The molecule has 1 aromatic carbocycles. The largest absolute Gasteiger partial charge is 0.497 e. The van der Waals surface area contributed by atoms with Crippen molar-refractivity contribution in [2.24, 2.45) is 0 Å². The summed E-state index contributed by atoms with van der Waals surface area (Å²) in [6, 6.07) is 6.35. The Kier molecular flexibility index (Phi) is 5.74. The van der Waals surface area contributed by atoms with Crippen LogP contribution in [-0.4, -0.2) is 34.1 Å². The van der Waals surface area contributed by atoms with Crippen molar-refractivity contribution in [3.63, 3.8) is 0 Å². The van der Waals surface area contributed by atoms with Crippen LogP contribution in [0.3, 0.4) is 0 Å². The van der Waals surface area contributed by atoms with Gasteiger partial charge in [0.2, 0.25) is 0 Å². The van der Waals surface area contributed by atoms with Gasteiger partial charge in [0.05, 0.1) is 12.5 Å². The maximum Gasteiger partial charge on any atom is 0.253 e. The van der Waals surface area contributed by atoms with Crippen molar-refractivity contribution in [3.05, 3.63) is 29.8 Å². The Balaban J connectivity index is 2.73. The molecule has 4 nitrogen and oxygen atoms in total. The third-order valence-electron chi connectivity index (χ3n) is 2.51. The molecule has 0 radical (unpaired) electrons. The Bertz CT molecular complexity index is 434. The number of amides is 1. The SMILES string of the molecule is COc1ccc(C(=O)N[C@H](O)C(Cl)(Cl)[C@@H](C)Cl)cc1. The van der Waals surface area contributed by atoms with Crippen LogP contribution in [0.5, 0.6) is 5.75 Å². The molecule has 2 N–H and O–H groups in total. The van der Waals surface area contributed by atoms with Gasteiger partial charge in [0.15, 0.2) is 10.6 Å². The first-order valence-corrected chi connectivity index (χ1v) is 6.63. The molecule has 0 unspecified atom stereocenters. The topological polar surface area (TPSA) is 58.6 Å². The van der Waals surface area contributed by atoms with E-state index in [0.29, 0.717) is 11.3 Å². The van der Waals surface area contributed by atoms with Gasteiger partial charge in [-0.1, -0.05) is 23.2 Å². The van der Waals surface area contributed by atoms with Gasteiger partial charge in [-0.05, 0) is 31.2 Å². The summed E-state index contributed by atoms with van der Waals surface area (Å²) in [5.74, 6) is 0.105. The standard InChI is InChI=1S/C12H14Cl3NO3/c1-7(13)12(14,15)11(18)16-10(17)8-3-5-9(19-2)6-4-8/h3-7,11,18H,1-2H3,(H,16,17)/t7-,11-/m1/s1. The molecule has 106 valence electrons. The van der Waals surface area contributed by atoms with E-state index >= 15 is 0 Å². The fraction of sp³-hybridized carbons (Fsp3) is 0.417. The second kappa shape index (κ2) is 6.66. The van der Waals surface area contributed by atoms with Gasteiger partial charge >= 0.3 is 0 Å². The third kappa shape index (κ3) is 4.14. The van der Waals surface area contributed by atoms with E-state index in [1.54, 1.807) is 24.3 Å². The van der Waals surface area contributed by atoms with E-state index in [2.05, 4.69) is 5.32 Å². The molecule has 1 amide bonds. The number of benzene rings is 1. The van der Waals surface area contributed by atoms with Gasteiger partial charge in [0, 0.05) is 5.56 Å². The number of nitrogens with one attached hydrogen (secondary N) is 1. The number of halogens is 3. The van der Waals surface area contributed by atoms with Crippen LogP contribution in [0.1, 0.15) is 17.3 Å². The summed E-state index contributed by atoms with van der Waals surface area (Å²) in [5.41, 5.74) is 0.339. The van der Waals surface area contributed by atoms with Crippen LogP contribution < -0.4 is 10.1 Å². The van der Waals surface area contributed by atoms with Crippen molar-refractivity contribution in [3.8, 4) is 5.75 Å². The number of aliphatic hydroxyl groups excluding tert-OH is 1. The van der Waals surface area contributed by atoms with E-state index < -0.39 is 21.8 Å². The van der Waals surface area contributed by atoms with Crippen LogP contribution >= 0.6 is 34.8 Å². The number of alkyl halides is 3. The molecule has 1 rings (SSSR count). The minimum absolute atomic E-state index is 0.339. The second-order valence-corrected chi connectivity index (χ2v) is 5.99. The smallest absolute Gasteiger partial charge is 0.253 e. The van der Waals surface area contributed by atoms with E-state index in [1.807, 2.05) is 0 Å². The fourth-order valence-electron chi connectivity index (χ4n) is 1.26. The number of hydrogen-bond donors (Lipinski definition) is 2. The molecule has 0 saturated carbocycles. The first-order chi connectivity index (χ1) is 8.78. The highest BCUT2D eigenvalue weighted by molar-refractivity contribution is 6.52. The molecule has 0 heterocycles. The van der Waals surface area contributed by atoms with Crippen LogP contribution in [0.4, 0.5) is 0 Å². The van der Waals surface area contributed by atoms with Crippen LogP contribution in [0.25, 0.3) is 0 Å². The highest BCUT2D eigenvalue weighted by atomic mass is 35.5. The monoisotopic (exact) mass is 325 g/mol. The first-order valence-electron chi connectivity index (χ1n) is 5.44. The molecular formula is C12H14Cl3NO3. The molecule has 0 aliphatic carbocycles. The number of carbonyl (C=O) groups excluding carboxylic acids is 1. The number of ether oxygens (including phenoxy) is 1. The van der Waals surface area contributed by atoms with Gasteiger partial charge in [-0.3, -0.25) is 4.79 Å². The Morgan fingerprint density at radius 2 is 1.89 bits per heavy atom. The molecule has 19 heavy (non-hydrogen) atoms. The average molecular weight is 327 g/mol. The summed E-state index contributed by atoms with van der Waals surface area (Å²) in [4.78, 5) is 11.9. The van der Waals surface area contributed by atoms with Crippen LogP contribution in [-0.2, 0) is 0 Å². The number of hydrogen-bond acceptors (Lipinski definition) is 3. The fourth-order valence-corrected chi connectivity index (χ4v) is 1.49. The predicted octanol–water partition coefficient (Wildman–Crippen LogP) is 2.54. The molecule has 0 spiro atoms. The minimum Gasteiger partial charge on any atom is -0.497 e. The molecule has 7 heteroatoms. The summed E-state index contributed by atoms with van der Waals surface area (Å²) in [6.45, 7) is 1.52. The Hall–Kier alpha value is -0.680. The lowest BCUT2D eigenvalue weighted by molar-refractivity contribution is 0.0742. The molecule has 0 bridgehead atoms. The van der Waals surface area contributed by atoms with Gasteiger partial charge in [0.25, 0.3) is 5.91 Å². The lowest BCUT2D eigenvalue weighted by atomic mass is 10.2. The van der Waals surface area contributed by atoms with Gasteiger partial charge < -0.3 is 15.2 Å². The number of carbonyl (C=O) groups is 1. The van der Waals surface area contributed by atoms with Gasteiger partial charge in [-0.2, -0.15) is 0 Å². The zero-order chi connectivity index (χ0) is 14.6. The minimum atomic E-state index is -1.68. The molecule has 0 aromatic heterocycles. The maximum atomic E-state index is 11.9. The van der Waals surface area contributed by atoms with Gasteiger partial charge in [-0.15, -0.1) is 11.6 Å². The van der Waals surface area contributed by atoms with Crippen LogP contribution in [0, 0.1) is 0 Å². The van der Waals surface area contributed by atoms with Crippen molar-refractivity contribution < 1.29 is 14.6 Å². The van der Waals surface area contributed by atoms with Crippen LogP contribution in [0.2, 0.25) is 0 Å². The van der Waals surface area contributed by atoms with Gasteiger partial charge in [0.1, 0.15) is 5.75 Å². The Labute approximate surface area is 126 Å². The normalized spacial score (nSPS) is 14.6. The number of aliphatic hydroxyl groups is 1. The lowest BCUT2D eigenvalue weighted by Gasteiger charge is -2.28. The summed E-state index contributed by atoms with van der Waals surface area (Å²) < 4.78 is 3.30. The molecule has 0 saturated heterocycles. The maximum absolute atomic E-state index is 11.9. The van der Waals surface area contributed by atoms with Crippen molar-refractivity contribution in [2.45, 2.75) is 22.9 Å². The molecule has 1 aromatic rings. The molecular weight excluding hydrogens is 312 g/mol. The number of rotatable bonds is 5. The molecule has 0 aliphatic heterocycles. The van der Waals surface area contributed by atoms with E-state index in [4.69, 9.17) is 39.5 Å².